The van der Waals surface area contributed by atoms with Gasteiger partial charge in [0.05, 0.1) is 12.2 Å². The molecular formula is C15H23NO. The lowest BCUT2D eigenvalue weighted by atomic mass is 10.0. The maximum atomic E-state index is 6.18. The summed E-state index contributed by atoms with van der Waals surface area (Å²) in [6, 6.07) is 10.8. The van der Waals surface area contributed by atoms with Crippen LogP contribution in [-0.4, -0.2) is 18.2 Å². The lowest BCUT2D eigenvalue weighted by Crippen LogP contribution is -2.34. The Kier molecular flexibility index (Phi) is 4.57. The third kappa shape index (κ3) is 3.83. The summed E-state index contributed by atoms with van der Waals surface area (Å²) in [5.41, 5.74) is 7.58. The van der Waals surface area contributed by atoms with Crippen LogP contribution in [0, 0.1) is 0 Å². The molecule has 2 N–H and O–H groups in total. The second kappa shape index (κ2) is 6.18. The number of rotatable bonds is 5. The fourth-order valence-electron chi connectivity index (χ4n) is 2.52. The Morgan fingerprint density at radius 1 is 1.29 bits per heavy atom. The van der Waals surface area contributed by atoms with Crippen molar-refractivity contribution in [3.05, 3.63) is 35.9 Å². The molecule has 1 saturated heterocycles. The molecule has 1 fully saturated rings. The maximum absolute atomic E-state index is 6.18. The van der Waals surface area contributed by atoms with E-state index in [1.54, 1.807) is 0 Å². The summed E-state index contributed by atoms with van der Waals surface area (Å²) in [4.78, 5) is 0. The van der Waals surface area contributed by atoms with E-state index in [2.05, 4.69) is 37.3 Å². The SMILES string of the molecule is CC1CCC(C(N)CCCc2ccccc2)O1. The molecule has 2 rings (SSSR count). The first-order valence-corrected chi connectivity index (χ1v) is 6.70. The molecule has 0 spiro atoms. The number of benzene rings is 1. The number of ether oxygens (including phenoxy) is 1. The quantitative estimate of drug-likeness (QED) is 0.848. The van der Waals surface area contributed by atoms with Gasteiger partial charge in [-0.2, -0.15) is 0 Å². The highest BCUT2D eigenvalue weighted by Crippen LogP contribution is 2.23. The average molecular weight is 233 g/mol. The fraction of sp³-hybridized carbons (Fsp3) is 0.600. The smallest absolute Gasteiger partial charge is 0.0730 e. The summed E-state index contributed by atoms with van der Waals surface area (Å²) in [7, 11) is 0. The first-order chi connectivity index (χ1) is 8.25. The zero-order chi connectivity index (χ0) is 12.1. The lowest BCUT2D eigenvalue weighted by molar-refractivity contribution is 0.0383. The molecule has 0 aliphatic carbocycles. The summed E-state index contributed by atoms with van der Waals surface area (Å²) in [5.74, 6) is 0. The zero-order valence-corrected chi connectivity index (χ0v) is 10.6. The van der Waals surface area contributed by atoms with E-state index in [1.165, 1.54) is 5.56 Å². The van der Waals surface area contributed by atoms with E-state index >= 15 is 0 Å². The second-order valence-electron chi connectivity index (χ2n) is 5.10. The van der Waals surface area contributed by atoms with Gasteiger partial charge in [-0.25, -0.2) is 0 Å². The maximum Gasteiger partial charge on any atom is 0.0730 e. The molecule has 94 valence electrons. The van der Waals surface area contributed by atoms with Crippen molar-refractivity contribution in [2.45, 2.75) is 57.3 Å². The Morgan fingerprint density at radius 2 is 2.06 bits per heavy atom. The van der Waals surface area contributed by atoms with Crippen LogP contribution in [0.1, 0.15) is 38.2 Å². The molecule has 0 amide bonds. The molecule has 0 bridgehead atoms. The van der Waals surface area contributed by atoms with E-state index in [1.807, 2.05) is 0 Å². The Balaban J connectivity index is 1.68. The van der Waals surface area contributed by atoms with Crippen molar-refractivity contribution in [1.82, 2.24) is 0 Å². The predicted molar refractivity (Wildman–Crippen MR) is 70.9 cm³/mol. The van der Waals surface area contributed by atoms with E-state index in [4.69, 9.17) is 10.5 Å². The van der Waals surface area contributed by atoms with Gasteiger partial charge < -0.3 is 10.5 Å². The first kappa shape index (κ1) is 12.6. The van der Waals surface area contributed by atoms with Crippen LogP contribution in [0.2, 0.25) is 0 Å². The van der Waals surface area contributed by atoms with Crippen molar-refractivity contribution in [2.24, 2.45) is 5.73 Å². The van der Waals surface area contributed by atoms with Crippen LogP contribution in [0.3, 0.4) is 0 Å². The Bertz CT molecular complexity index is 325. The predicted octanol–water partition coefficient (Wildman–Crippen LogP) is 2.90. The number of nitrogens with two attached hydrogens (primary N) is 1. The van der Waals surface area contributed by atoms with Crippen molar-refractivity contribution >= 4 is 0 Å². The summed E-state index contributed by atoms with van der Waals surface area (Å²) in [6.45, 7) is 2.14. The van der Waals surface area contributed by atoms with Crippen LogP contribution in [0.5, 0.6) is 0 Å². The molecule has 3 atom stereocenters. The minimum atomic E-state index is 0.212. The highest BCUT2D eigenvalue weighted by molar-refractivity contribution is 5.14. The minimum Gasteiger partial charge on any atom is -0.374 e. The Labute approximate surface area is 104 Å². The average Bonchev–Trinajstić information content (AvgIpc) is 2.77. The van der Waals surface area contributed by atoms with E-state index in [0.29, 0.717) is 12.2 Å². The van der Waals surface area contributed by atoms with Gasteiger partial charge >= 0.3 is 0 Å². The Hall–Kier alpha value is -0.860. The van der Waals surface area contributed by atoms with E-state index < -0.39 is 0 Å². The fourth-order valence-corrected chi connectivity index (χ4v) is 2.52. The van der Waals surface area contributed by atoms with Crippen LogP contribution in [-0.2, 0) is 11.2 Å². The molecule has 3 unspecified atom stereocenters. The monoisotopic (exact) mass is 233 g/mol. The molecule has 1 aromatic rings. The van der Waals surface area contributed by atoms with Gasteiger partial charge in [0.1, 0.15) is 0 Å². The van der Waals surface area contributed by atoms with Gasteiger partial charge in [0.2, 0.25) is 0 Å². The zero-order valence-electron chi connectivity index (χ0n) is 10.6. The lowest BCUT2D eigenvalue weighted by Gasteiger charge is -2.19. The Morgan fingerprint density at radius 3 is 2.71 bits per heavy atom. The molecule has 1 heterocycles. The molecule has 1 aliphatic rings. The molecule has 2 nitrogen and oxygen atoms in total. The molecule has 1 aliphatic heterocycles. The van der Waals surface area contributed by atoms with E-state index in [9.17, 15) is 0 Å². The van der Waals surface area contributed by atoms with Crippen LogP contribution in [0.25, 0.3) is 0 Å². The third-order valence-corrected chi connectivity index (χ3v) is 3.59. The van der Waals surface area contributed by atoms with Gasteiger partial charge in [-0.05, 0) is 44.6 Å². The van der Waals surface area contributed by atoms with Gasteiger partial charge in [-0.1, -0.05) is 30.3 Å². The van der Waals surface area contributed by atoms with E-state index in [0.717, 1.165) is 32.1 Å². The van der Waals surface area contributed by atoms with Crippen molar-refractivity contribution in [2.75, 3.05) is 0 Å². The highest BCUT2D eigenvalue weighted by atomic mass is 16.5. The second-order valence-corrected chi connectivity index (χ2v) is 5.10. The van der Waals surface area contributed by atoms with Crippen LogP contribution < -0.4 is 5.73 Å². The number of aryl methyl sites for hydroxylation is 1. The molecule has 17 heavy (non-hydrogen) atoms. The molecule has 2 heteroatoms. The summed E-state index contributed by atoms with van der Waals surface area (Å²) in [6.07, 6.45) is 6.33. The molecular weight excluding hydrogens is 210 g/mol. The summed E-state index contributed by atoms with van der Waals surface area (Å²) in [5, 5.41) is 0. The molecule has 0 saturated carbocycles. The topological polar surface area (TPSA) is 35.2 Å². The van der Waals surface area contributed by atoms with Gasteiger partial charge in [0.15, 0.2) is 0 Å². The van der Waals surface area contributed by atoms with Crippen LogP contribution in [0.4, 0.5) is 0 Å². The van der Waals surface area contributed by atoms with Crippen molar-refractivity contribution in [1.29, 1.82) is 0 Å². The first-order valence-electron chi connectivity index (χ1n) is 6.70. The minimum absolute atomic E-state index is 0.212. The van der Waals surface area contributed by atoms with Gasteiger partial charge in [0.25, 0.3) is 0 Å². The summed E-state index contributed by atoms with van der Waals surface area (Å²) >= 11 is 0. The van der Waals surface area contributed by atoms with Crippen molar-refractivity contribution in [3.8, 4) is 0 Å². The largest absolute Gasteiger partial charge is 0.374 e. The molecule has 0 aromatic heterocycles. The highest BCUT2D eigenvalue weighted by Gasteiger charge is 2.26. The summed E-state index contributed by atoms with van der Waals surface area (Å²) < 4.78 is 5.80. The number of hydrogen-bond donors (Lipinski definition) is 1. The van der Waals surface area contributed by atoms with Crippen molar-refractivity contribution in [3.63, 3.8) is 0 Å². The van der Waals surface area contributed by atoms with Crippen molar-refractivity contribution < 1.29 is 4.74 Å². The molecule has 1 aromatic carbocycles. The van der Waals surface area contributed by atoms with Crippen LogP contribution in [0.15, 0.2) is 30.3 Å². The van der Waals surface area contributed by atoms with Gasteiger partial charge in [-0.15, -0.1) is 0 Å². The third-order valence-electron chi connectivity index (χ3n) is 3.59. The van der Waals surface area contributed by atoms with Crippen LogP contribution >= 0.6 is 0 Å². The number of hydrogen-bond acceptors (Lipinski definition) is 2. The van der Waals surface area contributed by atoms with Gasteiger partial charge in [-0.3, -0.25) is 0 Å². The standard InChI is InChI=1S/C15H23NO/c1-12-10-11-15(17-12)14(16)9-5-8-13-6-3-2-4-7-13/h2-4,6-7,12,14-15H,5,8-11,16H2,1H3. The normalized spacial score (nSPS) is 26.0. The molecule has 0 radical (unpaired) electrons. The van der Waals surface area contributed by atoms with E-state index in [-0.39, 0.29) is 6.04 Å². The van der Waals surface area contributed by atoms with Gasteiger partial charge in [0, 0.05) is 6.04 Å².